The summed E-state index contributed by atoms with van der Waals surface area (Å²) in [6.07, 6.45) is -0.336. The highest BCUT2D eigenvalue weighted by molar-refractivity contribution is 6.32. The third kappa shape index (κ3) is 2.14. The van der Waals surface area contributed by atoms with Crippen LogP contribution in [-0.4, -0.2) is 17.8 Å². The quantitative estimate of drug-likeness (QED) is 0.773. The van der Waals surface area contributed by atoms with Crippen molar-refractivity contribution in [2.24, 2.45) is 0 Å². The fourth-order valence-corrected chi connectivity index (χ4v) is 1.78. The second-order valence-corrected chi connectivity index (χ2v) is 4.13. The summed E-state index contributed by atoms with van der Waals surface area (Å²) in [5, 5.41) is 2.51. The molecular weight excluding hydrogens is 244 g/mol. The normalized spacial score (nSPS) is 16.1. The Bertz CT molecular complexity index is 507. The van der Waals surface area contributed by atoms with E-state index in [4.69, 9.17) is 11.6 Å². The van der Waals surface area contributed by atoms with Crippen molar-refractivity contribution in [3.05, 3.63) is 28.8 Å². The van der Waals surface area contributed by atoms with Gasteiger partial charge in [0.15, 0.2) is 0 Å². The van der Waals surface area contributed by atoms with Crippen LogP contribution in [0.5, 0.6) is 0 Å². The predicted octanol–water partition coefficient (Wildman–Crippen LogP) is 1.62. The molecule has 2 rings (SSSR count). The van der Waals surface area contributed by atoms with Gasteiger partial charge < -0.3 is 0 Å². The molecule has 1 aliphatic rings. The highest BCUT2D eigenvalue weighted by atomic mass is 35.5. The average Bonchev–Trinajstić information content (AvgIpc) is 2.21. The van der Waals surface area contributed by atoms with Crippen molar-refractivity contribution in [2.45, 2.75) is 13.3 Å². The maximum atomic E-state index is 11.7. The number of nitrogens with one attached hydrogen (secondary N) is 1. The van der Waals surface area contributed by atoms with Gasteiger partial charge in [-0.25, -0.2) is 9.69 Å². The van der Waals surface area contributed by atoms with Gasteiger partial charge in [-0.2, -0.15) is 0 Å². The number of hydrogen-bond acceptors (Lipinski definition) is 3. The SMILES string of the molecule is Cc1ccc(Cl)cc1N1C(=O)CC(=O)NC1=O. The van der Waals surface area contributed by atoms with Gasteiger partial charge in [0.25, 0.3) is 0 Å². The Kier molecular flexibility index (Phi) is 2.85. The number of amides is 4. The minimum absolute atomic E-state index is 0.336. The van der Waals surface area contributed by atoms with Crippen molar-refractivity contribution >= 4 is 35.1 Å². The monoisotopic (exact) mass is 252 g/mol. The molecule has 1 N–H and O–H groups in total. The van der Waals surface area contributed by atoms with Gasteiger partial charge in [-0.15, -0.1) is 0 Å². The first-order valence-corrected chi connectivity index (χ1v) is 5.30. The van der Waals surface area contributed by atoms with Gasteiger partial charge in [-0.05, 0) is 24.6 Å². The summed E-state index contributed by atoms with van der Waals surface area (Å²) in [5.74, 6) is -1.14. The largest absolute Gasteiger partial charge is 0.335 e. The highest BCUT2D eigenvalue weighted by Crippen LogP contribution is 2.26. The maximum Gasteiger partial charge on any atom is 0.335 e. The number of imide groups is 2. The van der Waals surface area contributed by atoms with Crippen molar-refractivity contribution in [1.29, 1.82) is 0 Å². The van der Waals surface area contributed by atoms with E-state index in [0.717, 1.165) is 10.5 Å². The zero-order valence-corrected chi connectivity index (χ0v) is 9.75. The molecule has 88 valence electrons. The zero-order valence-electron chi connectivity index (χ0n) is 8.99. The Labute approximate surface area is 102 Å². The highest BCUT2D eigenvalue weighted by Gasteiger charge is 2.32. The summed E-state index contributed by atoms with van der Waals surface area (Å²) < 4.78 is 0. The van der Waals surface area contributed by atoms with Gasteiger partial charge in [0.1, 0.15) is 6.42 Å². The molecule has 0 spiro atoms. The standard InChI is InChI=1S/C11H9ClN2O3/c1-6-2-3-7(12)4-8(6)14-10(16)5-9(15)13-11(14)17/h2-4H,5H2,1H3,(H,13,15,17). The van der Waals surface area contributed by atoms with Gasteiger partial charge in [0.05, 0.1) is 5.69 Å². The Morgan fingerprint density at radius 2 is 2.00 bits per heavy atom. The second kappa shape index (κ2) is 4.18. The minimum Gasteiger partial charge on any atom is -0.277 e. The first-order chi connectivity index (χ1) is 7.99. The molecule has 0 atom stereocenters. The molecule has 6 heteroatoms. The molecule has 0 saturated carbocycles. The molecule has 0 radical (unpaired) electrons. The third-order valence-electron chi connectivity index (χ3n) is 2.42. The number of carbonyl (C=O) groups is 3. The van der Waals surface area contributed by atoms with Crippen LogP contribution in [0.2, 0.25) is 5.02 Å². The van der Waals surface area contributed by atoms with Crippen LogP contribution >= 0.6 is 11.6 Å². The van der Waals surface area contributed by atoms with Gasteiger partial charge >= 0.3 is 6.03 Å². The van der Waals surface area contributed by atoms with Crippen LogP contribution in [0.15, 0.2) is 18.2 Å². The molecule has 1 fully saturated rings. The third-order valence-corrected chi connectivity index (χ3v) is 2.66. The van der Waals surface area contributed by atoms with Crippen LogP contribution in [-0.2, 0) is 9.59 Å². The maximum absolute atomic E-state index is 11.7. The smallest absolute Gasteiger partial charge is 0.277 e. The summed E-state index contributed by atoms with van der Waals surface area (Å²) in [4.78, 5) is 35.2. The first-order valence-electron chi connectivity index (χ1n) is 4.92. The Balaban J connectivity index is 2.45. The molecule has 0 unspecified atom stereocenters. The number of carbonyl (C=O) groups excluding carboxylic acids is 3. The lowest BCUT2D eigenvalue weighted by Crippen LogP contribution is -2.53. The number of halogens is 1. The second-order valence-electron chi connectivity index (χ2n) is 3.69. The summed E-state index contributed by atoms with van der Waals surface area (Å²) in [6.45, 7) is 1.75. The Morgan fingerprint density at radius 1 is 1.29 bits per heavy atom. The fourth-order valence-electron chi connectivity index (χ4n) is 1.62. The van der Waals surface area contributed by atoms with Crippen LogP contribution in [0.25, 0.3) is 0 Å². The summed E-state index contributed by atoms with van der Waals surface area (Å²) in [6, 6.07) is 4.15. The van der Waals surface area contributed by atoms with E-state index in [0.29, 0.717) is 10.7 Å². The molecule has 1 saturated heterocycles. The van der Waals surface area contributed by atoms with Crippen molar-refractivity contribution in [1.82, 2.24) is 5.32 Å². The number of urea groups is 1. The van der Waals surface area contributed by atoms with E-state index < -0.39 is 17.8 Å². The number of benzene rings is 1. The summed E-state index contributed by atoms with van der Waals surface area (Å²) >= 11 is 5.82. The van der Waals surface area contributed by atoms with E-state index in [1.54, 1.807) is 19.1 Å². The van der Waals surface area contributed by atoms with E-state index in [1.807, 2.05) is 0 Å². The number of anilines is 1. The molecule has 1 aliphatic heterocycles. The predicted molar refractivity (Wildman–Crippen MR) is 61.8 cm³/mol. The number of barbiturate groups is 1. The van der Waals surface area contributed by atoms with Crippen LogP contribution in [0.3, 0.4) is 0 Å². The number of nitrogens with zero attached hydrogens (tertiary/aromatic N) is 1. The number of hydrogen-bond donors (Lipinski definition) is 1. The van der Waals surface area contributed by atoms with Crippen LogP contribution in [0.1, 0.15) is 12.0 Å². The molecule has 1 aromatic rings. The molecule has 17 heavy (non-hydrogen) atoms. The van der Waals surface area contributed by atoms with Gasteiger partial charge in [0.2, 0.25) is 11.8 Å². The van der Waals surface area contributed by atoms with Crippen LogP contribution in [0, 0.1) is 6.92 Å². The van der Waals surface area contributed by atoms with E-state index in [-0.39, 0.29) is 6.42 Å². The molecule has 0 aliphatic carbocycles. The number of rotatable bonds is 1. The molecule has 1 aromatic carbocycles. The van der Waals surface area contributed by atoms with Crippen molar-refractivity contribution in [3.8, 4) is 0 Å². The number of aryl methyl sites for hydroxylation is 1. The van der Waals surface area contributed by atoms with Crippen molar-refractivity contribution in [3.63, 3.8) is 0 Å². The van der Waals surface area contributed by atoms with E-state index in [1.165, 1.54) is 6.07 Å². The fraction of sp³-hybridized carbons (Fsp3) is 0.182. The molecule has 0 aromatic heterocycles. The summed E-state index contributed by atoms with van der Waals surface area (Å²) in [5.41, 5.74) is 1.12. The topological polar surface area (TPSA) is 66.5 Å². The van der Waals surface area contributed by atoms with Gasteiger partial charge in [-0.1, -0.05) is 17.7 Å². The zero-order chi connectivity index (χ0) is 12.6. The van der Waals surface area contributed by atoms with E-state index in [9.17, 15) is 14.4 Å². The molecule has 4 amide bonds. The van der Waals surface area contributed by atoms with E-state index >= 15 is 0 Å². The van der Waals surface area contributed by atoms with Crippen LogP contribution in [0.4, 0.5) is 10.5 Å². The molecule has 5 nitrogen and oxygen atoms in total. The lowest BCUT2D eigenvalue weighted by atomic mass is 10.1. The lowest BCUT2D eigenvalue weighted by molar-refractivity contribution is -0.128. The van der Waals surface area contributed by atoms with E-state index in [2.05, 4.69) is 5.32 Å². The molecule has 0 bridgehead atoms. The Hall–Kier alpha value is -1.88. The average molecular weight is 253 g/mol. The van der Waals surface area contributed by atoms with Crippen molar-refractivity contribution in [2.75, 3.05) is 4.90 Å². The Morgan fingerprint density at radius 3 is 2.65 bits per heavy atom. The van der Waals surface area contributed by atoms with Crippen molar-refractivity contribution < 1.29 is 14.4 Å². The first kappa shape index (κ1) is 11.6. The van der Waals surface area contributed by atoms with Gasteiger partial charge in [-0.3, -0.25) is 14.9 Å². The van der Waals surface area contributed by atoms with Crippen LogP contribution < -0.4 is 10.2 Å². The van der Waals surface area contributed by atoms with Gasteiger partial charge in [0, 0.05) is 5.02 Å². The lowest BCUT2D eigenvalue weighted by Gasteiger charge is -2.26. The molecule has 1 heterocycles. The molecular formula is C11H9ClN2O3. The summed E-state index contributed by atoms with van der Waals surface area (Å²) in [7, 11) is 0. The minimum atomic E-state index is -0.739.